The minimum Gasteiger partial charge on any atom is -0.361 e. The number of nitriles is 1. The highest BCUT2D eigenvalue weighted by Gasteiger charge is 2.09. The lowest BCUT2D eigenvalue weighted by atomic mass is 10.1. The number of hydrogen-bond acceptors (Lipinski definition) is 3. The zero-order valence-electron chi connectivity index (χ0n) is 14.5. The zero-order chi connectivity index (χ0) is 18.4. The van der Waals surface area contributed by atoms with Crippen LogP contribution in [0.2, 0.25) is 0 Å². The first kappa shape index (κ1) is 17.8. The largest absolute Gasteiger partial charge is 0.361 e. The second-order valence-corrected chi connectivity index (χ2v) is 6.69. The van der Waals surface area contributed by atoms with Gasteiger partial charge in [-0.1, -0.05) is 30.3 Å². The van der Waals surface area contributed by atoms with E-state index in [0.29, 0.717) is 13.0 Å². The number of nitrogens with one attached hydrogen (secondary N) is 2. The van der Waals surface area contributed by atoms with Crippen molar-refractivity contribution in [2.45, 2.75) is 11.3 Å². The molecule has 0 spiro atoms. The Bertz CT molecular complexity index is 980. The summed E-state index contributed by atoms with van der Waals surface area (Å²) in [4.78, 5) is 16.6. The van der Waals surface area contributed by atoms with Crippen molar-refractivity contribution in [1.82, 2.24) is 10.3 Å². The number of benzene rings is 2. The quantitative estimate of drug-likeness (QED) is 0.394. The van der Waals surface area contributed by atoms with E-state index in [0.717, 1.165) is 26.9 Å². The topological polar surface area (TPSA) is 68.7 Å². The molecule has 3 rings (SSSR count). The van der Waals surface area contributed by atoms with Gasteiger partial charge in [-0.05, 0) is 48.1 Å². The molecule has 0 saturated carbocycles. The average Bonchev–Trinajstić information content (AvgIpc) is 3.09. The second kappa shape index (κ2) is 8.41. The predicted octanol–water partition coefficient (Wildman–Crippen LogP) is 4.16. The molecule has 0 atom stereocenters. The van der Waals surface area contributed by atoms with Crippen LogP contribution in [0.5, 0.6) is 0 Å². The maximum absolute atomic E-state index is 12.3. The van der Waals surface area contributed by atoms with Crippen LogP contribution >= 0.6 is 11.8 Å². The highest BCUT2D eigenvalue weighted by Crippen LogP contribution is 2.18. The molecule has 0 saturated heterocycles. The molecular formula is C21H19N3OS. The Morgan fingerprint density at radius 1 is 1.23 bits per heavy atom. The molecule has 1 heterocycles. The van der Waals surface area contributed by atoms with Gasteiger partial charge in [-0.25, -0.2) is 0 Å². The number of H-pyrrole nitrogens is 1. The Hall–Kier alpha value is -2.97. The number of carbonyl (C=O) groups excluding carboxylic acids is 1. The fourth-order valence-electron chi connectivity index (χ4n) is 2.76. The van der Waals surface area contributed by atoms with Crippen LogP contribution in [-0.2, 0) is 11.2 Å². The van der Waals surface area contributed by atoms with Gasteiger partial charge in [0.25, 0.3) is 5.91 Å². The predicted molar refractivity (Wildman–Crippen MR) is 107 cm³/mol. The Morgan fingerprint density at radius 2 is 2.00 bits per heavy atom. The number of fused-ring (bicyclic) bond motifs is 1. The van der Waals surface area contributed by atoms with Gasteiger partial charge in [0.2, 0.25) is 0 Å². The highest BCUT2D eigenvalue weighted by atomic mass is 32.2. The van der Waals surface area contributed by atoms with E-state index in [-0.39, 0.29) is 11.5 Å². The molecule has 5 heteroatoms. The van der Waals surface area contributed by atoms with Gasteiger partial charge in [0.1, 0.15) is 11.6 Å². The van der Waals surface area contributed by atoms with Crippen LogP contribution < -0.4 is 5.32 Å². The number of thioether (sulfide) groups is 1. The van der Waals surface area contributed by atoms with Gasteiger partial charge in [-0.2, -0.15) is 5.26 Å². The summed E-state index contributed by atoms with van der Waals surface area (Å²) in [7, 11) is 0. The van der Waals surface area contributed by atoms with E-state index in [2.05, 4.69) is 16.4 Å². The SMILES string of the molecule is CSc1ccc(/C=C(\C#N)C(=O)NCCc2c[nH]c3ccccc23)cc1. The molecule has 0 aliphatic carbocycles. The van der Waals surface area contributed by atoms with Crippen LogP contribution in [0.25, 0.3) is 17.0 Å². The summed E-state index contributed by atoms with van der Waals surface area (Å²) in [5, 5.41) is 13.3. The van der Waals surface area contributed by atoms with Gasteiger partial charge >= 0.3 is 0 Å². The third-order valence-electron chi connectivity index (χ3n) is 4.15. The summed E-state index contributed by atoms with van der Waals surface area (Å²) in [5.41, 5.74) is 3.18. The molecule has 130 valence electrons. The molecule has 26 heavy (non-hydrogen) atoms. The van der Waals surface area contributed by atoms with Crippen molar-refractivity contribution in [2.75, 3.05) is 12.8 Å². The van der Waals surface area contributed by atoms with E-state index in [1.54, 1.807) is 17.8 Å². The Labute approximate surface area is 156 Å². The summed E-state index contributed by atoms with van der Waals surface area (Å²) < 4.78 is 0. The molecule has 1 amide bonds. The molecule has 4 nitrogen and oxygen atoms in total. The minimum atomic E-state index is -0.346. The van der Waals surface area contributed by atoms with Gasteiger partial charge in [-0.3, -0.25) is 4.79 Å². The van der Waals surface area contributed by atoms with Crippen molar-refractivity contribution >= 4 is 34.6 Å². The molecule has 0 unspecified atom stereocenters. The lowest BCUT2D eigenvalue weighted by Gasteiger charge is -2.04. The number of nitrogens with zero attached hydrogens (tertiary/aromatic N) is 1. The first-order valence-corrected chi connectivity index (χ1v) is 9.53. The molecule has 2 N–H and O–H groups in total. The maximum Gasteiger partial charge on any atom is 0.261 e. The monoisotopic (exact) mass is 361 g/mol. The van der Waals surface area contributed by atoms with Crippen LogP contribution in [-0.4, -0.2) is 23.7 Å². The molecular weight excluding hydrogens is 342 g/mol. The van der Waals surface area contributed by atoms with Crippen molar-refractivity contribution in [3.05, 3.63) is 71.4 Å². The Kier molecular flexibility index (Phi) is 5.77. The lowest BCUT2D eigenvalue weighted by molar-refractivity contribution is -0.117. The minimum absolute atomic E-state index is 0.112. The van der Waals surface area contributed by atoms with Crippen LogP contribution in [0.15, 0.2) is 65.2 Å². The van der Waals surface area contributed by atoms with E-state index in [1.165, 1.54) is 0 Å². The van der Waals surface area contributed by atoms with E-state index in [9.17, 15) is 10.1 Å². The van der Waals surface area contributed by atoms with Gasteiger partial charge in [0.15, 0.2) is 0 Å². The number of para-hydroxylation sites is 1. The van der Waals surface area contributed by atoms with Gasteiger partial charge in [0, 0.05) is 28.5 Å². The fraction of sp³-hybridized carbons (Fsp3) is 0.143. The number of hydrogen-bond donors (Lipinski definition) is 2. The molecule has 0 aliphatic heterocycles. The van der Waals surface area contributed by atoms with E-state index >= 15 is 0 Å². The van der Waals surface area contributed by atoms with E-state index in [4.69, 9.17) is 0 Å². The number of rotatable bonds is 6. The number of carbonyl (C=O) groups is 1. The van der Waals surface area contributed by atoms with Gasteiger partial charge in [0.05, 0.1) is 0 Å². The summed E-state index contributed by atoms with van der Waals surface area (Å²) in [6.07, 6.45) is 6.29. The van der Waals surface area contributed by atoms with Crippen molar-refractivity contribution in [3.63, 3.8) is 0 Å². The smallest absolute Gasteiger partial charge is 0.261 e. The summed E-state index contributed by atoms with van der Waals surface area (Å²) in [6.45, 7) is 0.477. The molecule has 3 aromatic rings. The number of aromatic nitrogens is 1. The summed E-state index contributed by atoms with van der Waals surface area (Å²) >= 11 is 1.65. The Morgan fingerprint density at radius 3 is 2.73 bits per heavy atom. The molecule has 0 fully saturated rings. The molecule has 2 aromatic carbocycles. The Balaban J connectivity index is 1.62. The van der Waals surface area contributed by atoms with E-state index in [1.807, 2.05) is 61.0 Å². The summed E-state index contributed by atoms with van der Waals surface area (Å²) in [6, 6.07) is 17.8. The molecule has 0 bridgehead atoms. The molecule has 0 radical (unpaired) electrons. The van der Waals surface area contributed by atoms with Crippen LogP contribution in [0.3, 0.4) is 0 Å². The summed E-state index contributed by atoms with van der Waals surface area (Å²) in [5.74, 6) is -0.346. The van der Waals surface area contributed by atoms with Crippen LogP contribution in [0, 0.1) is 11.3 Å². The highest BCUT2D eigenvalue weighted by molar-refractivity contribution is 7.98. The lowest BCUT2D eigenvalue weighted by Crippen LogP contribution is -2.26. The van der Waals surface area contributed by atoms with Gasteiger partial charge < -0.3 is 10.3 Å². The number of aromatic amines is 1. The first-order chi connectivity index (χ1) is 12.7. The molecule has 0 aliphatic rings. The van der Waals surface area contributed by atoms with Crippen molar-refractivity contribution in [2.24, 2.45) is 0 Å². The third-order valence-corrected chi connectivity index (χ3v) is 4.89. The fourth-order valence-corrected chi connectivity index (χ4v) is 3.17. The maximum atomic E-state index is 12.3. The average molecular weight is 361 g/mol. The number of amides is 1. The third kappa shape index (κ3) is 4.16. The van der Waals surface area contributed by atoms with E-state index < -0.39 is 0 Å². The normalized spacial score (nSPS) is 11.3. The second-order valence-electron chi connectivity index (χ2n) is 5.81. The van der Waals surface area contributed by atoms with Crippen molar-refractivity contribution in [1.29, 1.82) is 5.26 Å². The molecule has 1 aromatic heterocycles. The van der Waals surface area contributed by atoms with Crippen molar-refractivity contribution < 1.29 is 4.79 Å². The zero-order valence-corrected chi connectivity index (χ0v) is 15.3. The van der Waals surface area contributed by atoms with Crippen LogP contribution in [0.1, 0.15) is 11.1 Å². The standard InChI is InChI=1S/C21H19N3OS/c1-26-18-8-6-15(7-9-18)12-17(13-22)21(25)23-11-10-16-14-24-20-5-3-2-4-19(16)20/h2-9,12,14,24H,10-11H2,1H3,(H,23,25)/b17-12+. The van der Waals surface area contributed by atoms with Crippen molar-refractivity contribution in [3.8, 4) is 6.07 Å². The van der Waals surface area contributed by atoms with Crippen LogP contribution in [0.4, 0.5) is 0 Å². The first-order valence-electron chi connectivity index (χ1n) is 8.30. The van der Waals surface area contributed by atoms with Gasteiger partial charge in [-0.15, -0.1) is 11.8 Å².